The monoisotopic (exact) mass is 328 g/mol. The molecule has 1 aromatic rings. The Bertz CT molecular complexity index is 674. The zero-order valence-electron chi connectivity index (χ0n) is 14.1. The highest BCUT2D eigenvalue weighted by molar-refractivity contribution is 5.80. The first kappa shape index (κ1) is 15.5. The van der Waals surface area contributed by atoms with E-state index in [-0.39, 0.29) is 11.8 Å². The minimum Gasteiger partial charge on any atom is -0.450 e. The van der Waals surface area contributed by atoms with Crippen LogP contribution in [0.15, 0.2) is 24.3 Å². The van der Waals surface area contributed by atoms with E-state index in [1.807, 2.05) is 4.90 Å². The number of likely N-dealkylation sites (tertiary alicyclic amines) is 1. The van der Waals surface area contributed by atoms with E-state index in [2.05, 4.69) is 36.5 Å². The average molecular weight is 328 g/mol. The van der Waals surface area contributed by atoms with Gasteiger partial charge < -0.3 is 15.0 Å². The fourth-order valence-electron chi connectivity index (χ4n) is 4.39. The lowest BCUT2D eigenvalue weighted by Crippen LogP contribution is -2.45. The number of amides is 2. The first-order valence-corrected chi connectivity index (χ1v) is 8.85. The van der Waals surface area contributed by atoms with Gasteiger partial charge in [-0.2, -0.15) is 0 Å². The summed E-state index contributed by atoms with van der Waals surface area (Å²) in [4.78, 5) is 26.1. The first-order valence-electron chi connectivity index (χ1n) is 8.85. The molecule has 3 aliphatic rings. The molecular formula is C19H24N2O3. The number of aryl methyl sites for hydroxylation is 1. The summed E-state index contributed by atoms with van der Waals surface area (Å²) in [5.74, 6) is 0.598. The van der Waals surface area contributed by atoms with Gasteiger partial charge in [0.25, 0.3) is 0 Å². The van der Waals surface area contributed by atoms with Crippen LogP contribution in [0.25, 0.3) is 0 Å². The molecule has 0 bridgehead atoms. The predicted octanol–water partition coefficient (Wildman–Crippen LogP) is 2.23. The third-order valence-corrected chi connectivity index (χ3v) is 5.95. The summed E-state index contributed by atoms with van der Waals surface area (Å²) in [7, 11) is 0. The standard InChI is InChI=1S/C19H24N2O3/c1-13-3-2-4-15(9-13)19-6-7-21(12-16(19)10-19)17(22)14-5-8-24-18(23)20-11-14/h2-4,9,14,16H,5-8,10-12H2,1H3,(H,20,23)/t14-,16+,19+/m1/s1. The predicted molar refractivity (Wildman–Crippen MR) is 89.6 cm³/mol. The highest BCUT2D eigenvalue weighted by Gasteiger charge is 2.58. The van der Waals surface area contributed by atoms with Gasteiger partial charge in [0.1, 0.15) is 0 Å². The molecule has 24 heavy (non-hydrogen) atoms. The van der Waals surface area contributed by atoms with Crippen molar-refractivity contribution in [2.45, 2.75) is 31.6 Å². The molecule has 0 spiro atoms. The number of benzene rings is 1. The molecule has 1 N–H and O–H groups in total. The second kappa shape index (κ2) is 5.80. The van der Waals surface area contributed by atoms with Crippen LogP contribution in [0.1, 0.15) is 30.4 Å². The number of hydrogen-bond donors (Lipinski definition) is 1. The Balaban J connectivity index is 1.41. The van der Waals surface area contributed by atoms with Gasteiger partial charge in [0.15, 0.2) is 0 Å². The lowest BCUT2D eigenvalue weighted by molar-refractivity contribution is -0.136. The molecule has 1 saturated carbocycles. The fourth-order valence-corrected chi connectivity index (χ4v) is 4.39. The van der Waals surface area contributed by atoms with Crippen LogP contribution in [0.3, 0.4) is 0 Å². The summed E-state index contributed by atoms with van der Waals surface area (Å²) in [6, 6.07) is 8.82. The number of carbonyl (C=O) groups is 2. The van der Waals surface area contributed by atoms with Gasteiger partial charge in [-0.05, 0) is 37.7 Å². The lowest BCUT2D eigenvalue weighted by Gasteiger charge is -2.34. The highest BCUT2D eigenvalue weighted by Crippen LogP contribution is 2.59. The van der Waals surface area contributed by atoms with E-state index in [0.29, 0.717) is 30.9 Å². The van der Waals surface area contributed by atoms with Gasteiger partial charge in [-0.25, -0.2) is 4.79 Å². The maximum Gasteiger partial charge on any atom is 0.407 e. The number of fused-ring (bicyclic) bond motifs is 1. The maximum absolute atomic E-state index is 12.8. The van der Waals surface area contributed by atoms with Gasteiger partial charge in [0.05, 0.1) is 12.5 Å². The highest BCUT2D eigenvalue weighted by atomic mass is 16.5. The number of nitrogens with one attached hydrogen (secondary N) is 1. The van der Waals surface area contributed by atoms with Gasteiger partial charge in [-0.1, -0.05) is 29.8 Å². The van der Waals surface area contributed by atoms with Crippen molar-refractivity contribution in [2.75, 3.05) is 26.2 Å². The van der Waals surface area contributed by atoms with Crippen LogP contribution in [0.5, 0.6) is 0 Å². The molecule has 1 aromatic carbocycles. The van der Waals surface area contributed by atoms with Crippen LogP contribution in [0, 0.1) is 18.8 Å². The van der Waals surface area contributed by atoms with Crippen molar-refractivity contribution in [3.8, 4) is 0 Å². The van der Waals surface area contributed by atoms with Gasteiger partial charge in [-0.3, -0.25) is 4.79 Å². The van der Waals surface area contributed by atoms with E-state index < -0.39 is 6.09 Å². The van der Waals surface area contributed by atoms with Crippen LogP contribution in [-0.2, 0) is 14.9 Å². The summed E-state index contributed by atoms with van der Waals surface area (Å²) < 4.78 is 4.96. The minimum absolute atomic E-state index is 0.151. The van der Waals surface area contributed by atoms with Crippen molar-refractivity contribution in [3.05, 3.63) is 35.4 Å². The SMILES string of the molecule is Cc1cccc([C@@]23CCN(C(=O)[C@@H]4CCOC(=O)NC4)C[C@@H]2C3)c1. The van der Waals surface area contributed by atoms with Crippen molar-refractivity contribution in [2.24, 2.45) is 11.8 Å². The molecule has 0 unspecified atom stereocenters. The molecule has 2 aliphatic heterocycles. The molecular weight excluding hydrogens is 304 g/mol. The van der Waals surface area contributed by atoms with E-state index in [9.17, 15) is 9.59 Å². The Morgan fingerprint density at radius 3 is 3.08 bits per heavy atom. The largest absolute Gasteiger partial charge is 0.450 e. The lowest BCUT2D eigenvalue weighted by atomic mass is 9.86. The molecule has 2 heterocycles. The number of cyclic esters (lactones) is 1. The molecule has 0 radical (unpaired) electrons. The van der Waals surface area contributed by atoms with Gasteiger partial charge >= 0.3 is 6.09 Å². The minimum atomic E-state index is -0.412. The molecule has 1 aliphatic carbocycles. The van der Waals surface area contributed by atoms with Crippen LogP contribution in [-0.4, -0.2) is 43.1 Å². The summed E-state index contributed by atoms with van der Waals surface area (Å²) in [6.45, 7) is 4.51. The number of nitrogens with zero attached hydrogens (tertiary/aromatic N) is 1. The van der Waals surface area contributed by atoms with Gasteiger partial charge in [-0.15, -0.1) is 0 Å². The number of hydrogen-bond acceptors (Lipinski definition) is 3. The van der Waals surface area contributed by atoms with E-state index in [1.54, 1.807) is 0 Å². The molecule has 3 fully saturated rings. The Hall–Kier alpha value is -2.04. The molecule has 3 atom stereocenters. The normalized spacial score (nSPS) is 32.2. The third kappa shape index (κ3) is 2.66. The third-order valence-electron chi connectivity index (χ3n) is 5.95. The van der Waals surface area contributed by atoms with Crippen molar-refractivity contribution < 1.29 is 14.3 Å². The quantitative estimate of drug-likeness (QED) is 0.906. The Labute approximate surface area is 142 Å². The molecule has 0 aromatic heterocycles. The van der Waals surface area contributed by atoms with Crippen molar-refractivity contribution >= 4 is 12.0 Å². The Morgan fingerprint density at radius 1 is 1.42 bits per heavy atom. The van der Waals surface area contributed by atoms with Crippen LogP contribution in [0.2, 0.25) is 0 Å². The molecule has 2 saturated heterocycles. The number of rotatable bonds is 2. The molecule has 2 amide bonds. The molecule has 4 rings (SSSR count). The van der Waals surface area contributed by atoms with Crippen molar-refractivity contribution in [3.63, 3.8) is 0 Å². The number of alkyl carbamates (subject to hydrolysis) is 1. The van der Waals surface area contributed by atoms with E-state index in [0.717, 1.165) is 19.5 Å². The van der Waals surface area contributed by atoms with E-state index in [4.69, 9.17) is 4.74 Å². The first-order chi connectivity index (χ1) is 11.6. The molecule has 5 nitrogen and oxygen atoms in total. The molecule has 5 heteroatoms. The van der Waals surface area contributed by atoms with Gasteiger partial charge in [0, 0.05) is 25.0 Å². The Morgan fingerprint density at radius 2 is 2.29 bits per heavy atom. The zero-order chi connectivity index (χ0) is 16.7. The smallest absolute Gasteiger partial charge is 0.407 e. The van der Waals surface area contributed by atoms with Crippen LogP contribution in [0.4, 0.5) is 4.79 Å². The topological polar surface area (TPSA) is 58.6 Å². The Kier molecular flexibility index (Phi) is 3.74. The van der Waals surface area contributed by atoms with Crippen molar-refractivity contribution in [1.82, 2.24) is 10.2 Å². The maximum atomic E-state index is 12.8. The number of ether oxygens (including phenoxy) is 1. The number of carbonyl (C=O) groups excluding carboxylic acids is 2. The van der Waals surface area contributed by atoms with Crippen molar-refractivity contribution in [1.29, 1.82) is 0 Å². The second-order valence-electron chi connectivity index (χ2n) is 7.46. The number of piperidine rings is 1. The summed E-state index contributed by atoms with van der Waals surface area (Å²) in [6.07, 6.45) is 2.43. The fraction of sp³-hybridized carbons (Fsp3) is 0.579. The summed E-state index contributed by atoms with van der Waals surface area (Å²) in [5, 5.41) is 2.67. The molecule has 128 valence electrons. The van der Waals surface area contributed by atoms with Crippen LogP contribution < -0.4 is 5.32 Å². The zero-order valence-corrected chi connectivity index (χ0v) is 14.1. The second-order valence-corrected chi connectivity index (χ2v) is 7.46. The average Bonchev–Trinajstić information content (AvgIpc) is 3.34. The van der Waals surface area contributed by atoms with E-state index in [1.165, 1.54) is 17.5 Å². The van der Waals surface area contributed by atoms with Crippen LogP contribution >= 0.6 is 0 Å². The summed E-state index contributed by atoms with van der Waals surface area (Å²) in [5.41, 5.74) is 3.04. The van der Waals surface area contributed by atoms with E-state index >= 15 is 0 Å². The van der Waals surface area contributed by atoms with Gasteiger partial charge in [0.2, 0.25) is 5.91 Å². The summed E-state index contributed by atoms with van der Waals surface area (Å²) >= 11 is 0.